The lowest BCUT2D eigenvalue weighted by Gasteiger charge is -2.15. The van der Waals surface area contributed by atoms with Crippen molar-refractivity contribution < 1.29 is 4.79 Å². The Hall–Kier alpha value is -1.82. The van der Waals surface area contributed by atoms with Gasteiger partial charge in [0.2, 0.25) is 5.91 Å². The summed E-state index contributed by atoms with van der Waals surface area (Å²) >= 11 is 5.91. The molecule has 7 heteroatoms. The molecule has 2 aromatic heterocycles. The number of halogens is 1. The van der Waals surface area contributed by atoms with Crippen molar-refractivity contribution in [3.8, 4) is 0 Å². The monoisotopic (exact) mass is 295 g/mol. The van der Waals surface area contributed by atoms with E-state index in [1.54, 1.807) is 17.1 Å². The summed E-state index contributed by atoms with van der Waals surface area (Å²) in [5.74, 6) is -0.107. The van der Waals surface area contributed by atoms with Crippen molar-refractivity contribution in [2.24, 2.45) is 0 Å². The summed E-state index contributed by atoms with van der Waals surface area (Å²) in [6, 6.07) is 1.81. The third-order valence-corrected chi connectivity index (χ3v) is 3.58. The Balaban J connectivity index is 1.99. The average molecular weight is 296 g/mol. The average Bonchev–Trinajstić information content (AvgIpc) is 3.00. The molecule has 0 aromatic carbocycles. The zero-order valence-electron chi connectivity index (χ0n) is 11.8. The maximum atomic E-state index is 12.0. The second-order valence-corrected chi connectivity index (χ2v) is 5.00. The first-order valence-corrected chi connectivity index (χ1v) is 6.89. The number of nitrogens with one attached hydrogen (secondary N) is 1. The van der Waals surface area contributed by atoms with Crippen LogP contribution in [-0.2, 0) is 17.9 Å². The third kappa shape index (κ3) is 3.01. The molecule has 0 aliphatic heterocycles. The number of nitrogens with zero attached hydrogens (tertiary/aromatic N) is 4. The normalized spacial score (nSPS) is 12.4. The SMILES string of the molecule is CCn1nccc1C(C)NC(=O)Cn1ncc(Cl)c1C. The fourth-order valence-corrected chi connectivity index (χ4v) is 2.20. The summed E-state index contributed by atoms with van der Waals surface area (Å²) in [6.07, 6.45) is 3.28. The summed E-state index contributed by atoms with van der Waals surface area (Å²) in [7, 11) is 0. The molecule has 6 nitrogen and oxygen atoms in total. The minimum absolute atomic E-state index is 0.101. The first-order chi connectivity index (χ1) is 9.52. The van der Waals surface area contributed by atoms with Gasteiger partial charge in [-0.25, -0.2) is 0 Å². The van der Waals surface area contributed by atoms with Gasteiger partial charge in [-0.3, -0.25) is 14.2 Å². The molecule has 108 valence electrons. The van der Waals surface area contributed by atoms with Crippen molar-refractivity contribution in [3.05, 3.63) is 34.9 Å². The number of aryl methyl sites for hydroxylation is 1. The molecule has 0 spiro atoms. The number of amides is 1. The van der Waals surface area contributed by atoms with Crippen LogP contribution in [0.2, 0.25) is 5.02 Å². The van der Waals surface area contributed by atoms with E-state index in [1.807, 2.05) is 31.5 Å². The number of hydrogen-bond acceptors (Lipinski definition) is 3. The molecule has 2 heterocycles. The van der Waals surface area contributed by atoms with Crippen LogP contribution in [0.25, 0.3) is 0 Å². The maximum Gasteiger partial charge on any atom is 0.242 e. The lowest BCUT2D eigenvalue weighted by Crippen LogP contribution is -2.31. The zero-order chi connectivity index (χ0) is 14.7. The molecular weight excluding hydrogens is 278 g/mol. The lowest BCUT2D eigenvalue weighted by atomic mass is 10.2. The van der Waals surface area contributed by atoms with E-state index in [0.29, 0.717) is 5.02 Å². The molecule has 1 unspecified atom stereocenters. The van der Waals surface area contributed by atoms with Gasteiger partial charge < -0.3 is 5.32 Å². The van der Waals surface area contributed by atoms with Crippen LogP contribution in [0.15, 0.2) is 18.5 Å². The molecule has 0 radical (unpaired) electrons. The Morgan fingerprint density at radius 1 is 1.45 bits per heavy atom. The van der Waals surface area contributed by atoms with Crippen molar-refractivity contribution in [3.63, 3.8) is 0 Å². The van der Waals surface area contributed by atoms with E-state index in [0.717, 1.165) is 17.9 Å². The summed E-state index contributed by atoms with van der Waals surface area (Å²) in [4.78, 5) is 12.0. The van der Waals surface area contributed by atoms with Gasteiger partial charge in [-0.1, -0.05) is 11.6 Å². The molecular formula is C13H18ClN5O. The van der Waals surface area contributed by atoms with Crippen LogP contribution in [0.4, 0.5) is 0 Å². The van der Waals surface area contributed by atoms with E-state index in [9.17, 15) is 4.79 Å². The van der Waals surface area contributed by atoms with Gasteiger partial charge in [-0.15, -0.1) is 0 Å². The number of carbonyl (C=O) groups excluding carboxylic acids is 1. The second-order valence-electron chi connectivity index (χ2n) is 4.60. The lowest BCUT2D eigenvalue weighted by molar-refractivity contribution is -0.122. The highest BCUT2D eigenvalue weighted by molar-refractivity contribution is 6.31. The summed E-state index contributed by atoms with van der Waals surface area (Å²) in [5.41, 5.74) is 1.77. The van der Waals surface area contributed by atoms with Crippen LogP contribution >= 0.6 is 11.6 Å². The van der Waals surface area contributed by atoms with Gasteiger partial charge in [-0.2, -0.15) is 10.2 Å². The van der Waals surface area contributed by atoms with E-state index >= 15 is 0 Å². The van der Waals surface area contributed by atoms with Crippen LogP contribution in [-0.4, -0.2) is 25.5 Å². The number of aromatic nitrogens is 4. The molecule has 2 rings (SSSR count). The van der Waals surface area contributed by atoms with Crippen LogP contribution in [0.3, 0.4) is 0 Å². The standard InChI is InChI=1S/C13H18ClN5O/c1-4-18-12(5-6-15-18)9(2)17-13(20)8-19-10(3)11(14)7-16-19/h5-7,9H,4,8H2,1-3H3,(H,17,20). The first kappa shape index (κ1) is 14.6. The molecule has 0 saturated carbocycles. The van der Waals surface area contributed by atoms with Crippen LogP contribution in [0.1, 0.15) is 31.3 Å². The zero-order valence-corrected chi connectivity index (χ0v) is 12.6. The summed E-state index contributed by atoms with van der Waals surface area (Å²) < 4.78 is 3.45. The number of rotatable bonds is 5. The third-order valence-electron chi connectivity index (χ3n) is 3.21. The van der Waals surface area contributed by atoms with Crippen molar-refractivity contribution >= 4 is 17.5 Å². The molecule has 0 aliphatic rings. The van der Waals surface area contributed by atoms with E-state index in [-0.39, 0.29) is 18.5 Å². The molecule has 0 aliphatic carbocycles. The molecule has 1 N–H and O–H groups in total. The minimum atomic E-state index is -0.107. The van der Waals surface area contributed by atoms with Crippen molar-refractivity contribution in [2.75, 3.05) is 0 Å². The van der Waals surface area contributed by atoms with Gasteiger partial charge in [0.1, 0.15) is 6.54 Å². The fraction of sp³-hybridized carbons (Fsp3) is 0.462. The van der Waals surface area contributed by atoms with E-state index < -0.39 is 0 Å². The number of carbonyl (C=O) groups is 1. The molecule has 1 amide bonds. The van der Waals surface area contributed by atoms with Crippen LogP contribution < -0.4 is 5.32 Å². The second kappa shape index (κ2) is 6.09. The predicted molar refractivity (Wildman–Crippen MR) is 76.4 cm³/mol. The van der Waals surface area contributed by atoms with E-state index in [2.05, 4.69) is 15.5 Å². The van der Waals surface area contributed by atoms with Crippen molar-refractivity contribution in [2.45, 2.75) is 39.9 Å². The Kier molecular flexibility index (Phi) is 4.44. The van der Waals surface area contributed by atoms with Crippen LogP contribution in [0, 0.1) is 6.92 Å². The quantitative estimate of drug-likeness (QED) is 0.917. The smallest absolute Gasteiger partial charge is 0.242 e. The molecule has 2 aromatic rings. The molecule has 0 fully saturated rings. The molecule has 1 atom stereocenters. The largest absolute Gasteiger partial charge is 0.346 e. The highest BCUT2D eigenvalue weighted by Gasteiger charge is 2.15. The van der Waals surface area contributed by atoms with Crippen LogP contribution in [0.5, 0.6) is 0 Å². The van der Waals surface area contributed by atoms with Gasteiger partial charge in [-0.05, 0) is 26.8 Å². The van der Waals surface area contributed by atoms with Gasteiger partial charge in [0.15, 0.2) is 0 Å². The molecule has 0 bridgehead atoms. The maximum absolute atomic E-state index is 12.0. The Labute approximate surface area is 122 Å². The Morgan fingerprint density at radius 3 is 2.80 bits per heavy atom. The van der Waals surface area contributed by atoms with Gasteiger partial charge in [0.25, 0.3) is 0 Å². The van der Waals surface area contributed by atoms with Gasteiger partial charge in [0, 0.05) is 12.7 Å². The summed E-state index contributed by atoms with van der Waals surface area (Å²) in [6.45, 7) is 6.71. The van der Waals surface area contributed by atoms with E-state index in [4.69, 9.17) is 11.6 Å². The van der Waals surface area contributed by atoms with Crippen molar-refractivity contribution in [1.29, 1.82) is 0 Å². The highest BCUT2D eigenvalue weighted by atomic mass is 35.5. The molecule has 0 saturated heterocycles. The highest BCUT2D eigenvalue weighted by Crippen LogP contribution is 2.14. The first-order valence-electron chi connectivity index (χ1n) is 6.52. The Bertz CT molecular complexity index is 604. The topological polar surface area (TPSA) is 64.7 Å². The minimum Gasteiger partial charge on any atom is -0.346 e. The Morgan fingerprint density at radius 2 is 2.20 bits per heavy atom. The molecule has 20 heavy (non-hydrogen) atoms. The van der Waals surface area contributed by atoms with Crippen molar-refractivity contribution in [1.82, 2.24) is 24.9 Å². The van der Waals surface area contributed by atoms with E-state index in [1.165, 1.54) is 0 Å². The summed E-state index contributed by atoms with van der Waals surface area (Å²) in [5, 5.41) is 11.8. The van der Waals surface area contributed by atoms with Gasteiger partial charge in [0.05, 0.1) is 28.6 Å². The fourth-order valence-electron chi connectivity index (χ4n) is 2.06. The van der Waals surface area contributed by atoms with Gasteiger partial charge >= 0.3 is 0 Å². The predicted octanol–water partition coefficient (Wildman–Crippen LogP) is 1.94. The number of hydrogen-bond donors (Lipinski definition) is 1.